The number of methoxy groups -OCH3 is 1. The van der Waals surface area contributed by atoms with E-state index in [-0.39, 0.29) is 38.8 Å². The molecule has 1 aliphatic heterocycles. The van der Waals surface area contributed by atoms with Crippen molar-refractivity contribution in [3.63, 3.8) is 0 Å². The minimum atomic E-state index is -0.936. The van der Waals surface area contributed by atoms with Crippen molar-refractivity contribution in [2.24, 2.45) is 4.99 Å². The van der Waals surface area contributed by atoms with Crippen molar-refractivity contribution in [1.29, 1.82) is 0 Å². The lowest BCUT2D eigenvalue weighted by molar-refractivity contribution is -0.139. The summed E-state index contributed by atoms with van der Waals surface area (Å²) < 4.78 is 31.9. The highest BCUT2D eigenvalue weighted by Crippen LogP contribution is 2.36. The standard InChI is InChI=1S/C26H22ClFN2O6S/c1-5-35-25(33)22-13(2)29-26-30(23(22)15-9-10-19(36-14(3)31)20(11-15)34-4)24(32)21(37-26)12-16-17(27)7-6-8-18(16)28/h6-12,23H,5H2,1-4H3. The summed E-state index contributed by atoms with van der Waals surface area (Å²) in [7, 11) is 1.41. The van der Waals surface area contributed by atoms with Gasteiger partial charge in [0.05, 0.1) is 40.6 Å². The number of benzene rings is 2. The largest absolute Gasteiger partial charge is 0.493 e. The number of aromatic nitrogens is 1. The van der Waals surface area contributed by atoms with Gasteiger partial charge in [-0.05, 0) is 49.8 Å². The molecule has 0 bridgehead atoms. The van der Waals surface area contributed by atoms with Crippen LogP contribution in [0.4, 0.5) is 4.39 Å². The fourth-order valence-electron chi connectivity index (χ4n) is 3.98. The minimum Gasteiger partial charge on any atom is -0.493 e. The number of nitrogens with zero attached hydrogens (tertiary/aromatic N) is 2. The molecule has 0 saturated carbocycles. The Hall–Kier alpha value is -3.76. The third-order valence-corrected chi connectivity index (χ3v) is 6.86. The Morgan fingerprint density at radius 1 is 1.24 bits per heavy atom. The number of allylic oxidation sites excluding steroid dienone is 1. The zero-order chi connectivity index (χ0) is 26.9. The number of thiazole rings is 1. The van der Waals surface area contributed by atoms with Crippen LogP contribution in [0.5, 0.6) is 11.5 Å². The fraction of sp³-hybridized carbons (Fsp3) is 0.231. The number of rotatable bonds is 6. The molecule has 0 radical (unpaired) electrons. The first kappa shape index (κ1) is 26.3. The lowest BCUT2D eigenvalue weighted by Gasteiger charge is -2.25. The number of carbonyl (C=O) groups is 2. The Balaban J connectivity index is 1.98. The van der Waals surface area contributed by atoms with Crippen molar-refractivity contribution in [2.45, 2.75) is 26.8 Å². The Bertz CT molecular complexity index is 1600. The topological polar surface area (TPSA) is 96.2 Å². The van der Waals surface area contributed by atoms with Crippen LogP contribution in [0.25, 0.3) is 6.08 Å². The van der Waals surface area contributed by atoms with Crippen LogP contribution < -0.4 is 24.4 Å². The zero-order valence-corrected chi connectivity index (χ0v) is 21.9. The molecule has 1 aliphatic rings. The van der Waals surface area contributed by atoms with Gasteiger partial charge in [-0.2, -0.15) is 0 Å². The van der Waals surface area contributed by atoms with E-state index in [1.165, 1.54) is 48.9 Å². The van der Waals surface area contributed by atoms with Crippen molar-refractivity contribution in [1.82, 2.24) is 4.57 Å². The first-order chi connectivity index (χ1) is 17.7. The minimum absolute atomic E-state index is 0.0692. The van der Waals surface area contributed by atoms with E-state index in [1.54, 1.807) is 26.0 Å². The highest BCUT2D eigenvalue weighted by atomic mass is 35.5. The highest BCUT2D eigenvalue weighted by Gasteiger charge is 2.34. The smallest absolute Gasteiger partial charge is 0.338 e. The van der Waals surface area contributed by atoms with Gasteiger partial charge in [-0.1, -0.05) is 35.1 Å². The maximum Gasteiger partial charge on any atom is 0.338 e. The number of hydrogen-bond donors (Lipinski definition) is 0. The highest BCUT2D eigenvalue weighted by molar-refractivity contribution is 7.07. The second-order valence-electron chi connectivity index (χ2n) is 7.94. The van der Waals surface area contributed by atoms with E-state index in [0.717, 1.165) is 11.3 Å². The van der Waals surface area contributed by atoms with Crippen molar-refractivity contribution in [3.05, 3.63) is 89.3 Å². The van der Waals surface area contributed by atoms with E-state index in [2.05, 4.69) is 4.99 Å². The van der Waals surface area contributed by atoms with Crippen LogP contribution in [0.3, 0.4) is 0 Å². The van der Waals surface area contributed by atoms with E-state index in [9.17, 15) is 18.8 Å². The molecule has 1 unspecified atom stereocenters. The van der Waals surface area contributed by atoms with Gasteiger partial charge in [-0.15, -0.1) is 0 Å². The van der Waals surface area contributed by atoms with Crippen LogP contribution in [0.2, 0.25) is 5.02 Å². The summed E-state index contributed by atoms with van der Waals surface area (Å²) in [5.41, 5.74) is 0.585. The van der Waals surface area contributed by atoms with Gasteiger partial charge in [-0.3, -0.25) is 14.2 Å². The van der Waals surface area contributed by atoms with Gasteiger partial charge in [0.15, 0.2) is 16.3 Å². The zero-order valence-electron chi connectivity index (χ0n) is 20.3. The van der Waals surface area contributed by atoms with Gasteiger partial charge in [0.1, 0.15) is 5.82 Å². The first-order valence-corrected chi connectivity index (χ1v) is 12.4. The maximum absolute atomic E-state index is 14.5. The van der Waals surface area contributed by atoms with Gasteiger partial charge in [0.2, 0.25) is 0 Å². The molecule has 0 spiro atoms. The van der Waals surface area contributed by atoms with Crippen molar-refractivity contribution in [2.75, 3.05) is 13.7 Å². The van der Waals surface area contributed by atoms with Crippen molar-refractivity contribution < 1.29 is 28.2 Å². The number of esters is 2. The molecule has 0 amide bonds. The summed E-state index contributed by atoms with van der Waals surface area (Å²) in [6.07, 6.45) is 1.37. The molecule has 3 aromatic rings. The fourth-order valence-corrected chi connectivity index (χ4v) is 5.23. The van der Waals surface area contributed by atoms with E-state index in [1.807, 2.05) is 0 Å². The van der Waals surface area contributed by atoms with Gasteiger partial charge >= 0.3 is 11.9 Å². The molecular weight excluding hydrogens is 523 g/mol. The van der Waals surface area contributed by atoms with E-state index in [0.29, 0.717) is 16.1 Å². The second-order valence-corrected chi connectivity index (χ2v) is 9.36. The molecule has 0 fully saturated rings. The molecule has 192 valence electrons. The predicted molar refractivity (Wildman–Crippen MR) is 136 cm³/mol. The van der Waals surface area contributed by atoms with Crippen molar-refractivity contribution >= 4 is 41.0 Å². The van der Waals surface area contributed by atoms with Crippen LogP contribution in [-0.2, 0) is 14.3 Å². The maximum atomic E-state index is 14.5. The average Bonchev–Trinajstić information content (AvgIpc) is 3.15. The molecule has 0 N–H and O–H groups in total. The van der Waals surface area contributed by atoms with Gasteiger partial charge in [0.25, 0.3) is 5.56 Å². The molecule has 1 atom stereocenters. The number of halogens is 2. The van der Waals surface area contributed by atoms with E-state index in [4.69, 9.17) is 25.8 Å². The molecule has 37 heavy (non-hydrogen) atoms. The normalized spacial score (nSPS) is 15.2. The Kier molecular flexibility index (Phi) is 7.60. The summed E-state index contributed by atoms with van der Waals surface area (Å²) in [6.45, 7) is 4.70. The summed E-state index contributed by atoms with van der Waals surface area (Å²) in [5, 5.41) is 0.150. The first-order valence-electron chi connectivity index (χ1n) is 11.2. The lowest BCUT2D eigenvalue weighted by atomic mass is 9.95. The quantitative estimate of drug-likeness (QED) is 0.348. The molecule has 2 heterocycles. The molecule has 0 saturated heterocycles. The molecule has 11 heteroatoms. The summed E-state index contributed by atoms with van der Waals surface area (Å²) in [4.78, 5) is 43.0. The van der Waals surface area contributed by atoms with E-state index >= 15 is 0 Å². The number of hydrogen-bond acceptors (Lipinski definition) is 8. The lowest BCUT2D eigenvalue weighted by Crippen LogP contribution is -2.40. The van der Waals surface area contributed by atoms with Crippen LogP contribution in [0, 0.1) is 5.82 Å². The molecule has 1 aromatic heterocycles. The Morgan fingerprint density at radius 3 is 2.65 bits per heavy atom. The third kappa shape index (κ3) is 5.07. The van der Waals surface area contributed by atoms with Crippen LogP contribution in [0.1, 0.15) is 37.9 Å². The molecule has 2 aromatic carbocycles. The molecule has 4 rings (SSSR count). The van der Waals surface area contributed by atoms with E-state index < -0.39 is 29.4 Å². The summed E-state index contributed by atoms with van der Waals surface area (Å²) >= 11 is 7.21. The van der Waals surface area contributed by atoms with Crippen molar-refractivity contribution in [3.8, 4) is 11.5 Å². The third-order valence-electron chi connectivity index (χ3n) is 5.55. The average molecular weight is 545 g/mol. The summed E-state index contributed by atoms with van der Waals surface area (Å²) in [6, 6.07) is 8.02. The van der Waals surface area contributed by atoms with Gasteiger partial charge < -0.3 is 14.2 Å². The molecular formula is C26H22ClFN2O6S. The van der Waals surface area contributed by atoms with Crippen LogP contribution in [-0.4, -0.2) is 30.2 Å². The molecule has 8 nitrogen and oxygen atoms in total. The Morgan fingerprint density at radius 2 is 2.00 bits per heavy atom. The number of fused-ring (bicyclic) bond motifs is 1. The van der Waals surface area contributed by atoms with Gasteiger partial charge in [0, 0.05) is 12.5 Å². The monoisotopic (exact) mass is 544 g/mol. The predicted octanol–water partition coefficient (Wildman–Crippen LogP) is 3.52. The number of carbonyl (C=O) groups excluding carboxylic acids is 2. The van der Waals surface area contributed by atoms with Crippen LogP contribution in [0.15, 0.2) is 57.5 Å². The second kappa shape index (κ2) is 10.7. The molecule has 0 aliphatic carbocycles. The summed E-state index contributed by atoms with van der Waals surface area (Å²) in [5.74, 6) is -1.34. The number of ether oxygens (including phenoxy) is 3. The Labute approximate surface area is 219 Å². The SMILES string of the molecule is CCOC(=O)C1=C(C)N=c2sc(=Cc3c(F)cccc3Cl)c(=O)n2C1c1ccc(OC(C)=O)c(OC)c1. The van der Waals surface area contributed by atoms with Gasteiger partial charge in [-0.25, -0.2) is 14.2 Å². The van der Waals surface area contributed by atoms with Crippen LogP contribution >= 0.6 is 22.9 Å².